The first-order chi connectivity index (χ1) is 9.83. The highest BCUT2D eigenvalue weighted by Crippen LogP contribution is 2.24. The summed E-state index contributed by atoms with van der Waals surface area (Å²) in [6.45, 7) is 1.66. The van der Waals surface area contributed by atoms with Crippen LogP contribution in [0.3, 0.4) is 0 Å². The molecule has 0 saturated carbocycles. The minimum Gasteiger partial charge on any atom is -0.307 e. The number of nitrogen functional groups attached to an aromatic ring is 1. The molecular weight excluding hydrogens is 319 g/mol. The molecule has 0 amide bonds. The number of nitrogens with zero attached hydrogens (tertiary/aromatic N) is 1. The molecule has 9 heteroatoms. The number of rotatable bonds is 4. The molecule has 0 aliphatic rings. The van der Waals surface area contributed by atoms with Gasteiger partial charge in [0.1, 0.15) is 10.7 Å². The second-order valence-corrected chi connectivity index (χ2v) is 6.30. The van der Waals surface area contributed by atoms with Crippen molar-refractivity contribution in [1.82, 2.24) is 4.98 Å². The van der Waals surface area contributed by atoms with Crippen LogP contribution in [0.1, 0.15) is 5.56 Å². The van der Waals surface area contributed by atoms with Crippen LogP contribution in [0, 0.1) is 12.7 Å². The second kappa shape index (κ2) is 5.84. The summed E-state index contributed by atoms with van der Waals surface area (Å²) in [6.07, 6.45) is 1.10. The monoisotopic (exact) mass is 330 g/mol. The lowest BCUT2D eigenvalue weighted by Crippen LogP contribution is -2.15. The number of hydrogen-bond acceptors (Lipinski definition) is 5. The van der Waals surface area contributed by atoms with E-state index in [2.05, 4.69) is 15.1 Å². The predicted molar refractivity (Wildman–Crippen MR) is 79.0 cm³/mol. The minimum atomic E-state index is -3.93. The Kier molecular flexibility index (Phi) is 4.31. The summed E-state index contributed by atoms with van der Waals surface area (Å²) in [4.78, 5) is 3.63. The van der Waals surface area contributed by atoms with Crippen LogP contribution in [0.25, 0.3) is 0 Å². The van der Waals surface area contributed by atoms with E-state index in [0.717, 1.165) is 12.3 Å². The molecule has 0 bridgehead atoms. The standard InChI is InChI=1S/C12H12ClFN4O2S/c1-7-2-3-8(14)4-11(7)18-21(19,20)9-5-10(13)12(17-15)16-6-9/h2-6,18H,15H2,1H3,(H,16,17). The van der Waals surface area contributed by atoms with Gasteiger partial charge >= 0.3 is 0 Å². The van der Waals surface area contributed by atoms with Gasteiger partial charge in [0.25, 0.3) is 10.0 Å². The molecule has 4 N–H and O–H groups in total. The summed E-state index contributed by atoms with van der Waals surface area (Å²) >= 11 is 5.84. The molecule has 6 nitrogen and oxygen atoms in total. The van der Waals surface area contributed by atoms with Gasteiger partial charge in [-0.2, -0.15) is 0 Å². The van der Waals surface area contributed by atoms with Gasteiger partial charge in [-0.15, -0.1) is 0 Å². The van der Waals surface area contributed by atoms with Crippen molar-refractivity contribution in [1.29, 1.82) is 0 Å². The van der Waals surface area contributed by atoms with E-state index in [1.54, 1.807) is 6.92 Å². The van der Waals surface area contributed by atoms with Crippen LogP contribution in [-0.2, 0) is 10.0 Å². The molecule has 0 spiro atoms. The molecule has 21 heavy (non-hydrogen) atoms. The lowest BCUT2D eigenvalue weighted by molar-refractivity contribution is 0.600. The number of anilines is 2. The Morgan fingerprint density at radius 3 is 2.67 bits per heavy atom. The highest BCUT2D eigenvalue weighted by atomic mass is 35.5. The number of nitrogens with two attached hydrogens (primary N) is 1. The molecule has 0 fully saturated rings. The van der Waals surface area contributed by atoms with Gasteiger partial charge in [-0.25, -0.2) is 23.6 Å². The Balaban J connectivity index is 2.38. The average Bonchev–Trinajstić information content (AvgIpc) is 2.42. The van der Waals surface area contributed by atoms with Crippen molar-refractivity contribution in [2.75, 3.05) is 10.1 Å². The van der Waals surface area contributed by atoms with Crippen molar-refractivity contribution in [3.05, 3.63) is 46.9 Å². The van der Waals surface area contributed by atoms with Gasteiger partial charge in [-0.05, 0) is 30.7 Å². The van der Waals surface area contributed by atoms with E-state index in [1.807, 2.05) is 0 Å². The second-order valence-electron chi connectivity index (χ2n) is 4.21. The van der Waals surface area contributed by atoms with E-state index in [9.17, 15) is 12.8 Å². The van der Waals surface area contributed by atoms with Crippen molar-refractivity contribution in [3.63, 3.8) is 0 Å². The van der Waals surface area contributed by atoms with E-state index in [4.69, 9.17) is 17.4 Å². The van der Waals surface area contributed by atoms with E-state index in [-0.39, 0.29) is 21.4 Å². The topological polar surface area (TPSA) is 97.1 Å². The number of aryl methyl sites for hydroxylation is 1. The summed E-state index contributed by atoms with van der Waals surface area (Å²) in [5, 5.41) is 0.0522. The smallest absolute Gasteiger partial charge is 0.263 e. The summed E-state index contributed by atoms with van der Waals surface area (Å²) in [5.74, 6) is 4.77. The first-order valence-corrected chi connectivity index (χ1v) is 7.61. The Labute approximate surface area is 126 Å². The summed E-state index contributed by atoms with van der Waals surface area (Å²) in [6, 6.07) is 5.01. The van der Waals surface area contributed by atoms with Gasteiger partial charge in [0.2, 0.25) is 0 Å². The third-order valence-electron chi connectivity index (χ3n) is 2.71. The van der Waals surface area contributed by atoms with Crippen molar-refractivity contribution in [2.24, 2.45) is 5.84 Å². The van der Waals surface area contributed by atoms with E-state index in [1.165, 1.54) is 18.2 Å². The maximum Gasteiger partial charge on any atom is 0.263 e. The highest BCUT2D eigenvalue weighted by molar-refractivity contribution is 7.92. The van der Waals surface area contributed by atoms with Gasteiger partial charge in [0.05, 0.1) is 10.7 Å². The number of sulfonamides is 1. The zero-order valence-corrected chi connectivity index (χ0v) is 12.5. The molecular formula is C12H12ClFN4O2S. The molecule has 1 aromatic heterocycles. The molecule has 2 aromatic rings. The van der Waals surface area contributed by atoms with Gasteiger partial charge in [-0.1, -0.05) is 17.7 Å². The zero-order chi connectivity index (χ0) is 15.6. The Bertz CT molecular complexity index is 783. The largest absolute Gasteiger partial charge is 0.307 e. The number of halogens is 2. The normalized spacial score (nSPS) is 11.2. The first-order valence-electron chi connectivity index (χ1n) is 5.74. The van der Waals surface area contributed by atoms with Crippen LogP contribution in [0.4, 0.5) is 15.9 Å². The lowest BCUT2D eigenvalue weighted by Gasteiger charge is -2.11. The van der Waals surface area contributed by atoms with Crippen LogP contribution >= 0.6 is 11.6 Å². The molecule has 0 aliphatic carbocycles. The van der Waals surface area contributed by atoms with Gasteiger partial charge in [0.15, 0.2) is 5.82 Å². The minimum absolute atomic E-state index is 0.0522. The fourth-order valence-electron chi connectivity index (χ4n) is 1.58. The molecule has 1 aromatic carbocycles. The predicted octanol–water partition coefficient (Wildman–Crippen LogP) is 2.27. The van der Waals surface area contributed by atoms with Crippen LogP contribution in [0.5, 0.6) is 0 Å². The van der Waals surface area contributed by atoms with Crippen molar-refractivity contribution < 1.29 is 12.8 Å². The lowest BCUT2D eigenvalue weighted by atomic mass is 10.2. The maximum atomic E-state index is 13.2. The van der Waals surface area contributed by atoms with E-state index < -0.39 is 15.8 Å². The molecule has 0 atom stereocenters. The third kappa shape index (κ3) is 3.41. The third-order valence-corrected chi connectivity index (χ3v) is 4.33. The Morgan fingerprint density at radius 2 is 2.05 bits per heavy atom. The molecule has 2 rings (SSSR count). The summed E-state index contributed by atoms with van der Waals surface area (Å²) < 4.78 is 40.0. The number of nitrogens with one attached hydrogen (secondary N) is 2. The van der Waals surface area contributed by atoms with Gasteiger partial charge < -0.3 is 5.43 Å². The van der Waals surface area contributed by atoms with Crippen LogP contribution in [-0.4, -0.2) is 13.4 Å². The number of hydrazine groups is 1. The molecule has 0 saturated heterocycles. The van der Waals surface area contributed by atoms with Gasteiger partial charge in [0, 0.05) is 6.20 Å². The number of aromatic nitrogens is 1. The van der Waals surface area contributed by atoms with Crippen molar-refractivity contribution in [2.45, 2.75) is 11.8 Å². The highest BCUT2D eigenvalue weighted by Gasteiger charge is 2.18. The Morgan fingerprint density at radius 1 is 1.33 bits per heavy atom. The van der Waals surface area contributed by atoms with E-state index >= 15 is 0 Å². The first kappa shape index (κ1) is 15.5. The number of pyridine rings is 1. The van der Waals surface area contributed by atoms with Crippen LogP contribution in [0.2, 0.25) is 5.02 Å². The molecule has 0 aliphatic heterocycles. The number of hydrogen-bond donors (Lipinski definition) is 3. The van der Waals surface area contributed by atoms with Crippen LogP contribution < -0.4 is 16.0 Å². The molecule has 0 radical (unpaired) electrons. The molecule has 112 valence electrons. The number of benzene rings is 1. The van der Waals surface area contributed by atoms with E-state index in [0.29, 0.717) is 5.56 Å². The van der Waals surface area contributed by atoms with Crippen molar-refractivity contribution in [3.8, 4) is 0 Å². The molecule has 1 heterocycles. The summed E-state index contributed by atoms with van der Waals surface area (Å²) in [5.41, 5.74) is 2.96. The summed E-state index contributed by atoms with van der Waals surface area (Å²) in [7, 11) is -3.93. The van der Waals surface area contributed by atoms with Crippen LogP contribution in [0.15, 0.2) is 35.4 Å². The maximum absolute atomic E-state index is 13.2. The molecule has 0 unspecified atom stereocenters. The average molecular weight is 331 g/mol. The fourth-order valence-corrected chi connectivity index (χ4v) is 2.96. The Hall–Kier alpha value is -1.90. The SMILES string of the molecule is Cc1ccc(F)cc1NS(=O)(=O)c1cnc(NN)c(Cl)c1. The quantitative estimate of drug-likeness (QED) is 0.590. The van der Waals surface area contributed by atoms with Gasteiger partial charge in [-0.3, -0.25) is 4.72 Å². The fraction of sp³-hybridized carbons (Fsp3) is 0.0833. The zero-order valence-electron chi connectivity index (χ0n) is 10.9. The van der Waals surface area contributed by atoms with Crippen molar-refractivity contribution >= 4 is 33.1 Å².